The van der Waals surface area contributed by atoms with Crippen molar-refractivity contribution in [1.82, 2.24) is 5.32 Å². The molecule has 0 unspecified atom stereocenters. The van der Waals surface area contributed by atoms with Gasteiger partial charge in [-0.05, 0) is 30.2 Å². The van der Waals surface area contributed by atoms with Gasteiger partial charge in [-0.1, -0.05) is 24.3 Å². The summed E-state index contributed by atoms with van der Waals surface area (Å²) in [6, 6.07) is 12.0. The lowest BCUT2D eigenvalue weighted by Crippen LogP contribution is -2.36. The summed E-state index contributed by atoms with van der Waals surface area (Å²) in [6.07, 6.45) is 0. The summed E-state index contributed by atoms with van der Waals surface area (Å²) in [5.41, 5.74) is 7.17. The molecule has 0 fully saturated rings. The zero-order valence-electron chi connectivity index (χ0n) is 11.8. The number of benzene rings is 2. The first-order valence-corrected chi connectivity index (χ1v) is 6.43. The first-order valence-electron chi connectivity index (χ1n) is 6.43. The van der Waals surface area contributed by atoms with Gasteiger partial charge in [-0.3, -0.25) is 15.5 Å². The molecule has 0 saturated carbocycles. The van der Waals surface area contributed by atoms with Crippen molar-refractivity contribution in [2.45, 2.75) is 6.92 Å². The SMILES string of the molecule is Cc1ccccc1-c1c(C#N)ccc(O)c1C(=O)NC(=N)N. The van der Waals surface area contributed by atoms with Gasteiger partial charge in [0.1, 0.15) is 5.75 Å². The lowest BCUT2D eigenvalue weighted by molar-refractivity contribution is 0.0974. The van der Waals surface area contributed by atoms with Crippen LogP contribution in [0.2, 0.25) is 0 Å². The van der Waals surface area contributed by atoms with E-state index < -0.39 is 11.9 Å². The predicted molar refractivity (Wildman–Crippen MR) is 82.4 cm³/mol. The number of hydrogen-bond donors (Lipinski definition) is 4. The third kappa shape index (κ3) is 2.74. The van der Waals surface area contributed by atoms with E-state index in [0.29, 0.717) is 11.1 Å². The Morgan fingerprint density at radius 2 is 2.00 bits per heavy atom. The van der Waals surface area contributed by atoms with Gasteiger partial charge < -0.3 is 10.8 Å². The Balaban J connectivity index is 2.78. The van der Waals surface area contributed by atoms with Crippen LogP contribution in [0.25, 0.3) is 11.1 Å². The molecule has 1 amide bonds. The molecule has 2 aromatic carbocycles. The van der Waals surface area contributed by atoms with Gasteiger partial charge in [0.25, 0.3) is 5.91 Å². The smallest absolute Gasteiger partial charge is 0.262 e. The zero-order chi connectivity index (χ0) is 16.3. The molecule has 0 aliphatic heterocycles. The summed E-state index contributed by atoms with van der Waals surface area (Å²) in [6.45, 7) is 1.84. The lowest BCUT2D eigenvalue weighted by Gasteiger charge is -2.14. The molecule has 0 radical (unpaired) electrons. The quantitative estimate of drug-likeness (QED) is 0.498. The Labute approximate surface area is 127 Å². The summed E-state index contributed by atoms with van der Waals surface area (Å²) in [4.78, 5) is 12.2. The minimum Gasteiger partial charge on any atom is -0.507 e. The molecular weight excluding hydrogens is 280 g/mol. The number of guanidine groups is 1. The molecule has 0 aliphatic rings. The Morgan fingerprint density at radius 1 is 1.32 bits per heavy atom. The molecule has 0 bridgehead atoms. The number of rotatable bonds is 2. The van der Waals surface area contributed by atoms with E-state index in [1.807, 2.05) is 25.1 Å². The molecular formula is C16H14N4O2. The van der Waals surface area contributed by atoms with Gasteiger partial charge in [-0.2, -0.15) is 5.26 Å². The van der Waals surface area contributed by atoms with Crippen molar-refractivity contribution in [2.24, 2.45) is 5.73 Å². The zero-order valence-corrected chi connectivity index (χ0v) is 11.8. The van der Waals surface area contributed by atoms with Crippen LogP contribution in [0, 0.1) is 23.7 Å². The van der Waals surface area contributed by atoms with E-state index in [9.17, 15) is 15.2 Å². The molecule has 0 aromatic heterocycles. The number of aryl methyl sites for hydroxylation is 1. The summed E-state index contributed by atoms with van der Waals surface area (Å²) in [7, 11) is 0. The normalized spacial score (nSPS) is 9.82. The highest BCUT2D eigenvalue weighted by Gasteiger charge is 2.22. The standard InChI is InChI=1S/C16H14N4O2/c1-9-4-2-3-5-11(9)13-10(8-17)6-7-12(21)14(13)15(22)20-16(18)19/h2-7,21H,1H3,(H4,18,19,20,22). The van der Waals surface area contributed by atoms with Gasteiger partial charge in [0.15, 0.2) is 5.96 Å². The summed E-state index contributed by atoms with van der Waals surface area (Å²) >= 11 is 0. The Bertz CT molecular complexity index is 806. The van der Waals surface area contributed by atoms with Crippen molar-refractivity contribution in [1.29, 1.82) is 10.7 Å². The number of nitriles is 1. The van der Waals surface area contributed by atoms with Crippen molar-refractivity contribution in [3.05, 3.63) is 53.1 Å². The van der Waals surface area contributed by atoms with Crippen molar-refractivity contribution >= 4 is 11.9 Å². The van der Waals surface area contributed by atoms with E-state index in [0.717, 1.165) is 5.56 Å². The number of nitrogens with two attached hydrogens (primary N) is 1. The number of hydrogen-bond acceptors (Lipinski definition) is 4. The van der Waals surface area contributed by atoms with Crippen molar-refractivity contribution in [3.63, 3.8) is 0 Å². The van der Waals surface area contributed by atoms with E-state index >= 15 is 0 Å². The largest absolute Gasteiger partial charge is 0.507 e. The third-order valence-corrected chi connectivity index (χ3v) is 3.19. The summed E-state index contributed by atoms with van der Waals surface area (Å²) in [5, 5.41) is 28.7. The molecule has 0 aliphatic carbocycles. The molecule has 5 N–H and O–H groups in total. The number of amides is 1. The van der Waals surface area contributed by atoms with Gasteiger partial charge in [0.05, 0.1) is 17.2 Å². The number of carbonyl (C=O) groups excluding carboxylic acids is 1. The molecule has 22 heavy (non-hydrogen) atoms. The van der Waals surface area contributed by atoms with Crippen LogP contribution in [0.4, 0.5) is 0 Å². The molecule has 0 heterocycles. The third-order valence-electron chi connectivity index (χ3n) is 3.19. The fourth-order valence-corrected chi connectivity index (χ4v) is 2.23. The van der Waals surface area contributed by atoms with E-state index in [1.165, 1.54) is 12.1 Å². The maximum Gasteiger partial charge on any atom is 0.262 e. The molecule has 6 heteroatoms. The van der Waals surface area contributed by atoms with Gasteiger partial charge in [0.2, 0.25) is 0 Å². The van der Waals surface area contributed by atoms with Crippen LogP contribution in [0.3, 0.4) is 0 Å². The first-order chi connectivity index (χ1) is 10.5. The maximum atomic E-state index is 12.2. The van der Waals surface area contributed by atoms with Crippen LogP contribution < -0.4 is 11.1 Å². The number of nitrogens with one attached hydrogen (secondary N) is 2. The molecule has 2 aromatic rings. The number of nitrogens with zero attached hydrogens (tertiary/aromatic N) is 1. The Hall–Kier alpha value is -3.33. The molecule has 0 atom stereocenters. The van der Waals surface area contributed by atoms with Crippen molar-refractivity contribution < 1.29 is 9.90 Å². The average molecular weight is 294 g/mol. The minimum atomic E-state index is -0.736. The first kappa shape index (κ1) is 15.1. The van der Waals surface area contributed by atoms with Crippen molar-refractivity contribution in [3.8, 4) is 22.9 Å². The number of carbonyl (C=O) groups is 1. The predicted octanol–water partition coefficient (Wildman–Crippen LogP) is 1.86. The van der Waals surface area contributed by atoms with Crippen LogP contribution in [-0.4, -0.2) is 17.0 Å². The van der Waals surface area contributed by atoms with Gasteiger partial charge in [0, 0.05) is 5.56 Å². The van der Waals surface area contributed by atoms with Crippen molar-refractivity contribution in [2.75, 3.05) is 0 Å². The van der Waals surface area contributed by atoms with Gasteiger partial charge in [-0.25, -0.2) is 0 Å². The summed E-state index contributed by atoms with van der Waals surface area (Å²) < 4.78 is 0. The Morgan fingerprint density at radius 3 is 2.59 bits per heavy atom. The highest BCUT2D eigenvalue weighted by atomic mass is 16.3. The van der Waals surface area contributed by atoms with Gasteiger partial charge in [-0.15, -0.1) is 0 Å². The van der Waals surface area contributed by atoms with Crippen LogP contribution >= 0.6 is 0 Å². The minimum absolute atomic E-state index is 0.0800. The maximum absolute atomic E-state index is 12.2. The highest BCUT2D eigenvalue weighted by Crippen LogP contribution is 2.35. The molecule has 6 nitrogen and oxygen atoms in total. The number of phenolic OH excluding ortho intramolecular Hbond substituents is 1. The lowest BCUT2D eigenvalue weighted by atomic mass is 9.91. The fourth-order valence-electron chi connectivity index (χ4n) is 2.23. The Kier molecular flexibility index (Phi) is 4.09. The van der Waals surface area contributed by atoms with Crippen LogP contribution in [0.1, 0.15) is 21.5 Å². The highest BCUT2D eigenvalue weighted by molar-refractivity contribution is 6.10. The van der Waals surface area contributed by atoms with E-state index in [-0.39, 0.29) is 16.9 Å². The van der Waals surface area contributed by atoms with E-state index in [4.69, 9.17) is 11.1 Å². The second-order valence-corrected chi connectivity index (χ2v) is 4.68. The van der Waals surface area contributed by atoms with E-state index in [2.05, 4.69) is 5.32 Å². The number of aromatic hydroxyl groups is 1. The molecule has 0 saturated heterocycles. The van der Waals surface area contributed by atoms with Crippen LogP contribution in [-0.2, 0) is 0 Å². The molecule has 2 rings (SSSR count). The monoisotopic (exact) mass is 294 g/mol. The second-order valence-electron chi connectivity index (χ2n) is 4.68. The molecule has 110 valence electrons. The second kappa shape index (κ2) is 5.97. The van der Waals surface area contributed by atoms with E-state index in [1.54, 1.807) is 12.1 Å². The van der Waals surface area contributed by atoms with Gasteiger partial charge >= 0.3 is 0 Å². The fraction of sp³-hybridized carbons (Fsp3) is 0.0625. The topological polar surface area (TPSA) is 123 Å². The van der Waals surface area contributed by atoms with Crippen LogP contribution in [0.5, 0.6) is 5.75 Å². The van der Waals surface area contributed by atoms with Crippen LogP contribution in [0.15, 0.2) is 36.4 Å². The summed E-state index contributed by atoms with van der Waals surface area (Å²) in [5.74, 6) is -1.56. The number of phenols is 1. The molecule has 0 spiro atoms. The average Bonchev–Trinajstić information content (AvgIpc) is 2.46.